The highest BCUT2D eigenvalue weighted by atomic mass is 16.5. The smallest absolute Gasteiger partial charge is 0.343 e. The molecule has 0 saturated heterocycles. The molecule has 0 saturated carbocycles. The van der Waals surface area contributed by atoms with Gasteiger partial charge >= 0.3 is 5.97 Å². The van der Waals surface area contributed by atoms with Crippen LogP contribution < -0.4 is 19.6 Å². The molecule has 7 heteroatoms. The Morgan fingerprint density at radius 1 is 0.944 bits per heavy atom. The number of nitrogens with one attached hydrogen (secondary N) is 1. The average Bonchev–Trinajstić information content (AvgIpc) is 2.90. The molecule has 0 aliphatic carbocycles. The van der Waals surface area contributed by atoms with Crippen molar-refractivity contribution in [2.24, 2.45) is 5.10 Å². The molecule has 0 aliphatic rings. The highest BCUT2D eigenvalue weighted by molar-refractivity contribution is 5.91. The first-order chi connectivity index (χ1) is 17.6. The molecule has 0 heterocycles. The van der Waals surface area contributed by atoms with Crippen LogP contribution in [0.2, 0.25) is 0 Å². The van der Waals surface area contributed by atoms with Gasteiger partial charge in [0.1, 0.15) is 17.2 Å². The number of hydrogen-bond acceptors (Lipinski definition) is 6. The molecule has 186 valence electrons. The molecule has 7 nitrogen and oxygen atoms in total. The van der Waals surface area contributed by atoms with Crippen LogP contribution in [0.4, 0.5) is 0 Å². The lowest BCUT2D eigenvalue weighted by atomic mass is 10.1. The normalized spacial score (nSPS) is 10.6. The zero-order valence-electron chi connectivity index (χ0n) is 20.3. The molecule has 0 bridgehead atoms. The quantitative estimate of drug-likeness (QED) is 0.0880. The first-order valence-electron chi connectivity index (χ1n) is 11.8. The molecular weight excluding hydrogens is 456 g/mol. The third kappa shape index (κ3) is 8.43. The lowest BCUT2D eigenvalue weighted by molar-refractivity contribution is -0.123. The van der Waals surface area contributed by atoms with Crippen LogP contribution in [0.25, 0.3) is 0 Å². The predicted molar refractivity (Wildman–Crippen MR) is 140 cm³/mol. The van der Waals surface area contributed by atoms with E-state index >= 15 is 0 Å². The summed E-state index contributed by atoms with van der Waals surface area (Å²) in [6, 6.07) is 21.1. The van der Waals surface area contributed by atoms with Crippen molar-refractivity contribution in [1.82, 2.24) is 5.43 Å². The molecule has 0 radical (unpaired) electrons. The summed E-state index contributed by atoms with van der Waals surface area (Å²) in [5.41, 5.74) is 4.54. The molecule has 1 N–H and O–H groups in total. The highest BCUT2D eigenvalue weighted by Crippen LogP contribution is 2.19. The van der Waals surface area contributed by atoms with Crippen LogP contribution in [-0.2, 0) is 11.2 Å². The Morgan fingerprint density at radius 3 is 2.39 bits per heavy atom. The largest absolute Gasteiger partial charge is 0.494 e. The molecule has 0 fully saturated rings. The average molecular weight is 487 g/mol. The van der Waals surface area contributed by atoms with Gasteiger partial charge in [-0.15, -0.1) is 6.58 Å². The van der Waals surface area contributed by atoms with Gasteiger partial charge in [0.05, 0.1) is 18.4 Å². The van der Waals surface area contributed by atoms with Crippen molar-refractivity contribution in [3.8, 4) is 17.2 Å². The third-order valence-corrected chi connectivity index (χ3v) is 5.05. The molecule has 0 unspecified atom stereocenters. The number of amides is 1. The second kappa shape index (κ2) is 14.1. The Hall–Kier alpha value is -4.39. The van der Waals surface area contributed by atoms with Gasteiger partial charge in [0.15, 0.2) is 6.61 Å². The molecule has 3 rings (SSSR count). The SMILES string of the molecule is C=CCc1ccccc1OCC(=O)NN=Cc1ccc(OC(=O)c2ccc(OCCCC)cc2)cc1. The maximum atomic E-state index is 12.4. The zero-order chi connectivity index (χ0) is 25.6. The summed E-state index contributed by atoms with van der Waals surface area (Å²) in [7, 11) is 0. The number of hydrazone groups is 1. The molecule has 0 aliphatic heterocycles. The number of benzene rings is 3. The minimum absolute atomic E-state index is 0.160. The standard InChI is InChI=1S/C29H30N2O5/c1-3-5-19-34-25-17-13-24(14-18-25)29(33)36-26-15-11-22(12-16-26)20-30-31-28(32)21-35-27-10-7-6-9-23(27)8-4-2/h4,6-7,9-18,20H,2-3,5,8,19,21H2,1H3,(H,31,32). The first-order valence-corrected chi connectivity index (χ1v) is 11.8. The Balaban J connectivity index is 1.44. The highest BCUT2D eigenvalue weighted by Gasteiger charge is 2.09. The lowest BCUT2D eigenvalue weighted by Crippen LogP contribution is -2.24. The van der Waals surface area contributed by atoms with E-state index in [2.05, 4.69) is 24.0 Å². The van der Waals surface area contributed by atoms with Gasteiger partial charge in [-0.2, -0.15) is 5.10 Å². The van der Waals surface area contributed by atoms with E-state index in [4.69, 9.17) is 14.2 Å². The summed E-state index contributed by atoms with van der Waals surface area (Å²) in [6.07, 6.45) is 5.97. The minimum atomic E-state index is -0.460. The number of para-hydroxylation sites is 1. The van der Waals surface area contributed by atoms with E-state index in [9.17, 15) is 9.59 Å². The second-order valence-electron chi connectivity index (χ2n) is 7.87. The molecule has 3 aromatic rings. The van der Waals surface area contributed by atoms with Gasteiger partial charge in [0.25, 0.3) is 5.91 Å². The fraction of sp³-hybridized carbons (Fsp3) is 0.207. The lowest BCUT2D eigenvalue weighted by Gasteiger charge is -2.09. The summed E-state index contributed by atoms with van der Waals surface area (Å²) >= 11 is 0. The maximum absolute atomic E-state index is 12.4. The summed E-state index contributed by atoms with van der Waals surface area (Å²) in [5.74, 6) is 0.916. The van der Waals surface area contributed by atoms with Crippen LogP contribution in [0.1, 0.15) is 41.3 Å². The van der Waals surface area contributed by atoms with Crippen LogP contribution in [-0.4, -0.2) is 31.3 Å². The van der Waals surface area contributed by atoms with Crippen LogP contribution in [0, 0.1) is 0 Å². The number of nitrogens with zero attached hydrogens (tertiary/aromatic N) is 1. The molecular formula is C29H30N2O5. The van der Waals surface area contributed by atoms with Crippen molar-refractivity contribution in [3.63, 3.8) is 0 Å². The molecule has 3 aromatic carbocycles. The van der Waals surface area contributed by atoms with Crippen LogP contribution in [0.15, 0.2) is 90.6 Å². The molecule has 0 spiro atoms. The number of carbonyl (C=O) groups excluding carboxylic acids is 2. The van der Waals surface area contributed by atoms with E-state index in [1.54, 1.807) is 54.6 Å². The van der Waals surface area contributed by atoms with Gasteiger partial charge in [-0.25, -0.2) is 10.2 Å². The summed E-state index contributed by atoms with van der Waals surface area (Å²) < 4.78 is 16.6. The topological polar surface area (TPSA) is 86.2 Å². The molecule has 36 heavy (non-hydrogen) atoms. The summed E-state index contributed by atoms with van der Waals surface area (Å²) in [6.45, 7) is 6.32. The van der Waals surface area contributed by atoms with E-state index in [1.165, 1.54) is 6.21 Å². The van der Waals surface area contributed by atoms with Crippen molar-refractivity contribution in [2.45, 2.75) is 26.2 Å². The van der Waals surface area contributed by atoms with E-state index in [1.807, 2.05) is 24.3 Å². The number of carbonyl (C=O) groups is 2. The van der Waals surface area contributed by atoms with E-state index in [-0.39, 0.29) is 12.5 Å². The Labute approximate surface area is 211 Å². The van der Waals surface area contributed by atoms with Gasteiger partial charge in [-0.1, -0.05) is 37.6 Å². The third-order valence-electron chi connectivity index (χ3n) is 5.05. The van der Waals surface area contributed by atoms with Crippen LogP contribution >= 0.6 is 0 Å². The Bertz CT molecular complexity index is 1170. The van der Waals surface area contributed by atoms with Crippen LogP contribution in [0.3, 0.4) is 0 Å². The van der Waals surface area contributed by atoms with Gasteiger partial charge in [0, 0.05) is 0 Å². The van der Waals surface area contributed by atoms with E-state index in [0.717, 1.165) is 29.7 Å². The monoisotopic (exact) mass is 486 g/mol. The van der Waals surface area contributed by atoms with Gasteiger partial charge in [-0.05, 0) is 78.6 Å². The Kier molecular flexibility index (Phi) is 10.3. The van der Waals surface area contributed by atoms with Crippen molar-refractivity contribution >= 4 is 18.1 Å². The summed E-state index contributed by atoms with van der Waals surface area (Å²) in [4.78, 5) is 24.4. The number of rotatable bonds is 13. The van der Waals surface area contributed by atoms with Gasteiger partial charge in [-0.3, -0.25) is 4.79 Å². The minimum Gasteiger partial charge on any atom is -0.494 e. The van der Waals surface area contributed by atoms with Crippen LogP contribution in [0.5, 0.6) is 17.2 Å². The van der Waals surface area contributed by atoms with Crippen molar-refractivity contribution < 1.29 is 23.8 Å². The van der Waals surface area contributed by atoms with Crippen molar-refractivity contribution in [1.29, 1.82) is 0 Å². The predicted octanol–water partition coefficient (Wildman–Crippen LogP) is 5.34. The Morgan fingerprint density at radius 2 is 1.67 bits per heavy atom. The molecule has 0 atom stereocenters. The fourth-order valence-electron chi connectivity index (χ4n) is 3.13. The number of ether oxygens (including phenoxy) is 3. The molecule has 0 aromatic heterocycles. The first kappa shape index (κ1) is 26.2. The number of unbranched alkanes of at least 4 members (excludes halogenated alkanes) is 1. The number of allylic oxidation sites excluding steroid dienone is 1. The van der Waals surface area contributed by atoms with Gasteiger partial charge < -0.3 is 14.2 Å². The van der Waals surface area contributed by atoms with Gasteiger partial charge in [0.2, 0.25) is 0 Å². The van der Waals surface area contributed by atoms with Crippen molar-refractivity contribution in [3.05, 3.63) is 102 Å². The van der Waals surface area contributed by atoms with E-state index in [0.29, 0.717) is 30.1 Å². The second-order valence-corrected chi connectivity index (χ2v) is 7.87. The van der Waals surface area contributed by atoms with Crippen molar-refractivity contribution in [2.75, 3.05) is 13.2 Å². The summed E-state index contributed by atoms with van der Waals surface area (Å²) in [5, 5.41) is 3.95. The zero-order valence-corrected chi connectivity index (χ0v) is 20.3. The number of hydrogen-bond donors (Lipinski definition) is 1. The fourth-order valence-corrected chi connectivity index (χ4v) is 3.13. The molecule has 1 amide bonds. The number of esters is 1. The van der Waals surface area contributed by atoms with E-state index < -0.39 is 5.97 Å². The maximum Gasteiger partial charge on any atom is 0.343 e.